The fourth-order valence-corrected chi connectivity index (χ4v) is 4.76. The Morgan fingerprint density at radius 3 is 2.50 bits per heavy atom. The number of aryl methyl sites for hydroxylation is 2. The van der Waals surface area contributed by atoms with Gasteiger partial charge in [0.2, 0.25) is 5.91 Å². The molecule has 1 N–H and O–H groups in total. The number of carbonyl (C=O) groups excluding carboxylic acids is 3. The van der Waals surface area contributed by atoms with E-state index in [4.69, 9.17) is 9.47 Å². The minimum Gasteiger partial charge on any atom is -0.493 e. The number of ether oxygens (including phenoxy) is 2. The first-order chi connectivity index (χ1) is 18.3. The average molecular weight is 528 g/mol. The Balaban J connectivity index is 1.45. The predicted molar refractivity (Wildman–Crippen MR) is 146 cm³/mol. The van der Waals surface area contributed by atoms with Crippen LogP contribution in [0.4, 0.5) is 10.5 Å². The van der Waals surface area contributed by atoms with Crippen molar-refractivity contribution in [3.05, 3.63) is 93.4 Å². The van der Waals surface area contributed by atoms with Gasteiger partial charge in [0.15, 0.2) is 11.5 Å². The zero-order valence-corrected chi connectivity index (χ0v) is 21.9. The lowest BCUT2D eigenvalue weighted by Gasteiger charge is -2.15. The summed E-state index contributed by atoms with van der Waals surface area (Å²) in [6, 6.07) is 20.1. The van der Waals surface area contributed by atoms with Crippen molar-refractivity contribution >= 4 is 40.6 Å². The van der Waals surface area contributed by atoms with Gasteiger partial charge in [-0.2, -0.15) is 5.26 Å². The number of hydrogen-bond acceptors (Lipinski definition) is 7. The van der Waals surface area contributed by atoms with E-state index in [1.165, 1.54) is 7.11 Å². The molecule has 3 aromatic carbocycles. The maximum atomic E-state index is 12.9. The SMILES string of the molecule is COc1cc(/C=C2\SC(=O)N(CC(=O)Nc3c(C)cccc3C)C2=O)ccc1OCc1ccccc1C#N. The molecule has 9 heteroatoms. The molecule has 4 rings (SSSR count). The van der Waals surface area contributed by atoms with Crippen LogP contribution in [-0.2, 0) is 16.2 Å². The number of nitriles is 1. The second-order valence-electron chi connectivity index (χ2n) is 8.55. The summed E-state index contributed by atoms with van der Waals surface area (Å²) in [6.45, 7) is 3.56. The van der Waals surface area contributed by atoms with Crippen molar-refractivity contribution in [3.8, 4) is 17.6 Å². The highest BCUT2D eigenvalue weighted by Gasteiger charge is 2.36. The van der Waals surface area contributed by atoms with E-state index in [2.05, 4.69) is 11.4 Å². The zero-order valence-electron chi connectivity index (χ0n) is 21.1. The van der Waals surface area contributed by atoms with Crippen LogP contribution in [0.25, 0.3) is 6.08 Å². The summed E-state index contributed by atoms with van der Waals surface area (Å²) < 4.78 is 11.3. The summed E-state index contributed by atoms with van der Waals surface area (Å²) in [4.78, 5) is 39.2. The van der Waals surface area contributed by atoms with Crippen molar-refractivity contribution in [2.75, 3.05) is 19.0 Å². The minimum absolute atomic E-state index is 0.183. The van der Waals surface area contributed by atoms with Crippen LogP contribution in [0.3, 0.4) is 0 Å². The molecule has 1 aliphatic rings. The van der Waals surface area contributed by atoms with Crippen molar-refractivity contribution in [2.24, 2.45) is 0 Å². The molecule has 0 bridgehead atoms. The van der Waals surface area contributed by atoms with Crippen LogP contribution in [0.1, 0.15) is 27.8 Å². The molecule has 1 fully saturated rings. The number of benzene rings is 3. The molecule has 3 amide bonds. The minimum atomic E-state index is -0.538. The molecule has 0 aromatic heterocycles. The number of methoxy groups -OCH3 is 1. The number of para-hydroxylation sites is 1. The summed E-state index contributed by atoms with van der Waals surface area (Å²) in [5.74, 6) is -0.0924. The van der Waals surface area contributed by atoms with Gasteiger partial charge in [0.25, 0.3) is 11.1 Å². The van der Waals surface area contributed by atoms with Gasteiger partial charge in [-0.25, -0.2) is 0 Å². The molecule has 0 saturated carbocycles. The first kappa shape index (κ1) is 26.5. The number of carbonyl (C=O) groups is 3. The van der Waals surface area contributed by atoms with Crippen LogP contribution >= 0.6 is 11.8 Å². The lowest BCUT2D eigenvalue weighted by Crippen LogP contribution is -2.36. The quantitative estimate of drug-likeness (QED) is 0.389. The molecule has 1 saturated heterocycles. The Kier molecular flexibility index (Phi) is 8.14. The number of amides is 3. The van der Waals surface area contributed by atoms with Crippen LogP contribution in [-0.4, -0.2) is 35.6 Å². The second kappa shape index (κ2) is 11.7. The Bertz CT molecular complexity index is 1470. The van der Waals surface area contributed by atoms with E-state index in [1.54, 1.807) is 36.4 Å². The van der Waals surface area contributed by atoms with Crippen LogP contribution in [0.15, 0.2) is 65.6 Å². The third-order valence-corrected chi connectivity index (χ3v) is 6.83. The van der Waals surface area contributed by atoms with Gasteiger partial charge in [0, 0.05) is 11.3 Å². The predicted octanol–water partition coefficient (Wildman–Crippen LogP) is 5.44. The molecule has 1 heterocycles. The number of hydrogen-bond donors (Lipinski definition) is 1. The Morgan fingerprint density at radius 2 is 1.79 bits per heavy atom. The summed E-state index contributed by atoms with van der Waals surface area (Å²) >= 11 is 0.776. The van der Waals surface area contributed by atoms with Gasteiger partial charge in [0.1, 0.15) is 13.2 Å². The number of thioether (sulfide) groups is 1. The first-order valence-corrected chi connectivity index (χ1v) is 12.5. The van der Waals surface area contributed by atoms with E-state index in [1.807, 2.05) is 44.2 Å². The molecule has 8 nitrogen and oxygen atoms in total. The standard InChI is InChI=1S/C29H25N3O5S/c1-18-7-6-8-19(2)27(18)31-26(33)16-32-28(34)25(38-29(32)35)14-20-11-12-23(24(13-20)36-3)37-17-22-10-5-4-9-21(22)15-30/h4-14H,16-17H2,1-3H3,(H,31,33)/b25-14-. The molecule has 0 radical (unpaired) electrons. The van der Waals surface area contributed by atoms with Gasteiger partial charge < -0.3 is 14.8 Å². The summed E-state index contributed by atoms with van der Waals surface area (Å²) in [6.07, 6.45) is 1.57. The zero-order chi connectivity index (χ0) is 27.2. The van der Waals surface area contributed by atoms with Crippen LogP contribution in [0, 0.1) is 25.2 Å². The van der Waals surface area contributed by atoms with E-state index in [9.17, 15) is 19.6 Å². The van der Waals surface area contributed by atoms with Gasteiger partial charge >= 0.3 is 0 Å². The average Bonchev–Trinajstić information content (AvgIpc) is 3.17. The Morgan fingerprint density at radius 1 is 1.05 bits per heavy atom. The molecule has 0 unspecified atom stereocenters. The third-order valence-electron chi connectivity index (χ3n) is 5.93. The van der Waals surface area contributed by atoms with E-state index < -0.39 is 17.1 Å². The summed E-state index contributed by atoms with van der Waals surface area (Å²) in [5, 5.41) is 11.6. The second-order valence-corrected chi connectivity index (χ2v) is 9.54. The van der Waals surface area contributed by atoms with E-state index in [-0.39, 0.29) is 18.1 Å². The molecule has 3 aromatic rings. The van der Waals surface area contributed by atoms with E-state index >= 15 is 0 Å². The first-order valence-electron chi connectivity index (χ1n) is 11.7. The van der Waals surface area contributed by atoms with Gasteiger partial charge in [-0.05, 0) is 66.6 Å². The van der Waals surface area contributed by atoms with Gasteiger partial charge in [-0.15, -0.1) is 0 Å². The molecule has 0 spiro atoms. The van der Waals surface area contributed by atoms with Crippen molar-refractivity contribution < 1.29 is 23.9 Å². The highest BCUT2D eigenvalue weighted by molar-refractivity contribution is 8.18. The molecule has 0 aliphatic carbocycles. The number of imide groups is 1. The molecule has 192 valence electrons. The number of nitrogens with one attached hydrogen (secondary N) is 1. The monoisotopic (exact) mass is 527 g/mol. The van der Waals surface area contributed by atoms with Crippen molar-refractivity contribution in [3.63, 3.8) is 0 Å². The largest absolute Gasteiger partial charge is 0.493 e. The maximum absolute atomic E-state index is 12.9. The highest BCUT2D eigenvalue weighted by atomic mass is 32.2. The number of anilines is 1. The Labute approximate surface area is 224 Å². The van der Waals surface area contributed by atoms with Crippen LogP contribution < -0.4 is 14.8 Å². The number of rotatable bonds is 8. The van der Waals surface area contributed by atoms with Gasteiger partial charge in [-0.1, -0.05) is 42.5 Å². The molecule has 1 aliphatic heterocycles. The van der Waals surface area contributed by atoms with Crippen LogP contribution in [0.5, 0.6) is 11.5 Å². The lowest BCUT2D eigenvalue weighted by atomic mass is 10.1. The van der Waals surface area contributed by atoms with Gasteiger partial charge in [0.05, 0.1) is 23.6 Å². The van der Waals surface area contributed by atoms with Crippen molar-refractivity contribution in [1.82, 2.24) is 4.90 Å². The molecule has 38 heavy (non-hydrogen) atoms. The van der Waals surface area contributed by atoms with Crippen molar-refractivity contribution in [1.29, 1.82) is 5.26 Å². The molecular weight excluding hydrogens is 502 g/mol. The molecule has 0 atom stereocenters. The highest BCUT2D eigenvalue weighted by Crippen LogP contribution is 2.35. The van der Waals surface area contributed by atoms with E-state index in [0.29, 0.717) is 28.3 Å². The number of nitrogens with zero attached hydrogens (tertiary/aromatic N) is 2. The van der Waals surface area contributed by atoms with Gasteiger partial charge in [-0.3, -0.25) is 19.3 Å². The fourth-order valence-electron chi connectivity index (χ4n) is 3.93. The fraction of sp³-hybridized carbons (Fsp3) is 0.172. The third kappa shape index (κ3) is 5.88. The smallest absolute Gasteiger partial charge is 0.294 e. The van der Waals surface area contributed by atoms with Crippen molar-refractivity contribution in [2.45, 2.75) is 20.5 Å². The van der Waals surface area contributed by atoms with E-state index in [0.717, 1.165) is 33.4 Å². The summed E-state index contributed by atoms with van der Waals surface area (Å²) in [7, 11) is 1.50. The topological polar surface area (TPSA) is 109 Å². The maximum Gasteiger partial charge on any atom is 0.294 e. The summed E-state index contributed by atoms with van der Waals surface area (Å²) in [5.41, 5.74) is 4.35. The molecular formula is C29H25N3O5S. The normalized spacial score (nSPS) is 13.9. The van der Waals surface area contributed by atoms with Crippen LogP contribution in [0.2, 0.25) is 0 Å². The lowest BCUT2D eigenvalue weighted by molar-refractivity contribution is -0.127. The Hall–Kier alpha value is -4.55.